The van der Waals surface area contributed by atoms with Gasteiger partial charge in [0.2, 0.25) is 0 Å². The van der Waals surface area contributed by atoms with E-state index in [9.17, 15) is 27.2 Å². The van der Waals surface area contributed by atoms with Gasteiger partial charge in [-0.3, -0.25) is 14.5 Å². The van der Waals surface area contributed by atoms with Crippen LogP contribution in [-0.4, -0.2) is 105 Å². The monoisotopic (exact) mass is 512 g/mol. The number of halogens is 5. The quantitative estimate of drug-likeness (QED) is 0.301. The van der Waals surface area contributed by atoms with Crippen molar-refractivity contribution >= 4 is 27.9 Å². The van der Waals surface area contributed by atoms with Crippen molar-refractivity contribution in [2.75, 3.05) is 60.7 Å². The molecule has 0 aromatic rings. The predicted molar refractivity (Wildman–Crippen MR) is 103 cm³/mol. The number of carbonyl (C=O) groups excluding carboxylic acids is 1. The van der Waals surface area contributed by atoms with E-state index in [4.69, 9.17) is 5.11 Å². The minimum Gasteiger partial charge on any atom is -0.480 e. The SMILES string of the molecule is COCC(Br)C(=O)OC.COCC(C(=O)O)N1CCC(F)(F)C1.FC1(F)CCNC1. The second-order valence-electron chi connectivity index (χ2n) is 6.61. The first-order valence-electron chi connectivity index (χ1n) is 9.02. The third kappa shape index (κ3) is 12.0. The highest BCUT2D eigenvalue weighted by Gasteiger charge is 2.42. The Morgan fingerprint density at radius 2 is 1.70 bits per heavy atom. The van der Waals surface area contributed by atoms with Crippen molar-refractivity contribution in [2.45, 2.75) is 35.6 Å². The molecule has 2 fully saturated rings. The number of carbonyl (C=O) groups is 2. The number of alkyl halides is 5. The summed E-state index contributed by atoms with van der Waals surface area (Å²) in [6.07, 6.45) is -0.270. The van der Waals surface area contributed by atoms with Crippen molar-refractivity contribution < 1.29 is 46.5 Å². The van der Waals surface area contributed by atoms with Crippen molar-refractivity contribution in [1.29, 1.82) is 0 Å². The molecule has 30 heavy (non-hydrogen) atoms. The van der Waals surface area contributed by atoms with Crippen LogP contribution in [0.2, 0.25) is 0 Å². The maximum Gasteiger partial charge on any atom is 0.323 e. The number of nitrogens with zero attached hydrogens (tertiary/aromatic N) is 1. The van der Waals surface area contributed by atoms with Crippen LogP contribution < -0.4 is 5.32 Å². The lowest BCUT2D eigenvalue weighted by molar-refractivity contribution is -0.145. The molecule has 2 saturated heterocycles. The Balaban J connectivity index is 0.000000452. The first kappa shape index (κ1) is 29.0. The second kappa shape index (κ2) is 14.1. The fourth-order valence-electron chi connectivity index (χ4n) is 2.49. The minimum atomic E-state index is -2.76. The van der Waals surface area contributed by atoms with Gasteiger partial charge in [0.05, 0.1) is 33.4 Å². The number of methoxy groups -OCH3 is 3. The molecule has 0 spiro atoms. The van der Waals surface area contributed by atoms with Gasteiger partial charge in [-0.1, -0.05) is 15.9 Å². The summed E-state index contributed by atoms with van der Waals surface area (Å²) in [4.78, 5) is 22.2. The molecule has 0 saturated carbocycles. The number of carboxylic acids is 1. The molecule has 13 heteroatoms. The van der Waals surface area contributed by atoms with Gasteiger partial charge in [-0.25, -0.2) is 17.6 Å². The topological polar surface area (TPSA) is 97.3 Å². The molecule has 2 rings (SSSR count). The van der Waals surface area contributed by atoms with Crippen molar-refractivity contribution in [3.05, 3.63) is 0 Å². The zero-order valence-electron chi connectivity index (χ0n) is 17.1. The lowest BCUT2D eigenvalue weighted by Crippen LogP contribution is -2.43. The van der Waals surface area contributed by atoms with E-state index in [1.165, 1.54) is 26.2 Å². The summed E-state index contributed by atoms with van der Waals surface area (Å²) in [6, 6.07) is -0.964. The molecule has 0 aromatic carbocycles. The Labute approximate surface area is 181 Å². The van der Waals surface area contributed by atoms with E-state index in [-0.39, 0.29) is 43.3 Å². The fourth-order valence-corrected chi connectivity index (χ4v) is 2.94. The van der Waals surface area contributed by atoms with Crippen LogP contribution in [-0.2, 0) is 23.8 Å². The molecule has 2 unspecified atom stereocenters. The third-order valence-electron chi connectivity index (χ3n) is 4.07. The Kier molecular flexibility index (Phi) is 13.6. The first-order valence-corrected chi connectivity index (χ1v) is 9.93. The molecular formula is C17H29BrF4N2O6. The van der Waals surface area contributed by atoms with Gasteiger partial charge >= 0.3 is 11.9 Å². The van der Waals surface area contributed by atoms with Gasteiger partial charge in [0.25, 0.3) is 11.8 Å². The molecule has 2 N–H and O–H groups in total. The van der Waals surface area contributed by atoms with Crippen LogP contribution in [0.4, 0.5) is 17.6 Å². The van der Waals surface area contributed by atoms with E-state index >= 15 is 0 Å². The number of likely N-dealkylation sites (tertiary alicyclic amines) is 1. The van der Waals surface area contributed by atoms with E-state index in [1.54, 1.807) is 0 Å². The molecule has 2 atom stereocenters. The Bertz CT molecular complexity index is 522. The molecule has 178 valence electrons. The van der Waals surface area contributed by atoms with Gasteiger partial charge in [0, 0.05) is 40.2 Å². The van der Waals surface area contributed by atoms with Gasteiger partial charge < -0.3 is 24.6 Å². The highest BCUT2D eigenvalue weighted by molar-refractivity contribution is 9.10. The van der Waals surface area contributed by atoms with Crippen LogP contribution in [0, 0.1) is 0 Å². The highest BCUT2D eigenvalue weighted by atomic mass is 79.9. The largest absolute Gasteiger partial charge is 0.480 e. The Hall–Kier alpha value is -1.02. The number of hydrogen-bond acceptors (Lipinski definition) is 7. The number of ether oxygens (including phenoxy) is 3. The molecule has 8 nitrogen and oxygen atoms in total. The van der Waals surface area contributed by atoms with Gasteiger partial charge in [-0.05, 0) is 0 Å². The number of aliphatic carboxylic acids is 1. The summed E-state index contributed by atoms with van der Waals surface area (Å²) < 4.78 is 63.1. The summed E-state index contributed by atoms with van der Waals surface area (Å²) in [5, 5.41) is 11.3. The lowest BCUT2D eigenvalue weighted by Gasteiger charge is -2.22. The normalized spacial score (nSPS) is 21.5. The maximum atomic E-state index is 12.8. The molecule has 0 radical (unpaired) electrons. The summed E-state index contributed by atoms with van der Waals surface area (Å²) in [6.45, 7) is 0.221. The van der Waals surface area contributed by atoms with Gasteiger partial charge in [-0.15, -0.1) is 0 Å². The van der Waals surface area contributed by atoms with Crippen molar-refractivity contribution in [2.24, 2.45) is 0 Å². The second-order valence-corrected chi connectivity index (χ2v) is 7.72. The van der Waals surface area contributed by atoms with Crippen molar-refractivity contribution in [3.8, 4) is 0 Å². The molecule has 2 aliphatic heterocycles. The van der Waals surface area contributed by atoms with E-state index in [0.717, 1.165) is 0 Å². The average molecular weight is 513 g/mol. The average Bonchev–Trinajstić information content (AvgIpc) is 3.23. The van der Waals surface area contributed by atoms with Gasteiger partial charge in [0.1, 0.15) is 10.9 Å². The smallest absolute Gasteiger partial charge is 0.323 e. The maximum absolute atomic E-state index is 12.8. The number of carboxylic acid groups (broad SMARTS) is 1. The molecule has 0 aliphatic carbocycles. The van der Waals surface area contributed by atoms with E-state index in [0.29, 0.717) is 13.2 Å². The molecule has 0 bridgehead atoms. The number of nitrogens with one attached hydrogen (secondary N) is 1. The van der Waals surface area contributed by atoms with Gasteiger partial charge in [-0.2, -0.15) is 0 Å². The summed E-state index contributed by atoms with van der Waals surface area (Å²) in [5.74, 6) is -6.61. The summed E-state index contributed by atoms with van der Waals surface area (Å²) in [7, 11) is 4.22. The van der Waals surface area contributed by atoms with Gasteiger partial charge in [0.15, 0.2) is 0 Å². The fraction of sp³-hybridized carbons (Fsp3) is 0.882. The summed E-state index contributed by atoms with van der Waals surface area (Å²) in [5.41, 5.74) is 0. The summed E-state index contributed by atoms with van der Waals surface area (Å²) >= 11 is 3.06. The van der Waals surface area contributed by atoms with Crippen LogP contribution in [0.5, 0.6) is 0 Å². The molecular weight excluding hydrogens is 484 g/mol. The van der Waals surface area contributed by atoms with Crippen LogP contribution in [0.15, 0.2) is 0 Å². The highest BCUT2D eigenvalue weighted by Crippen LogP contribution is 2.28. The standard InChI is InChI=1S/C8H13F2NO3.C5H9BrO3.C4H7F2N/c1-14-4-6(7(12)13)11-3-2-8(9,10)5-11;1-8-3-4(6)5(7)9-2;5-4(6)1-2-7-3-4/h6H,2-5H2,1H3,(H,12,13);4H,3H2,1-2H3;7H,1-3H2. The first-order chi connectivity index (χ1) is 13.9. The minimum absolute atomic E-state index is 0.00694. The van der Waals surface area contributed by atoms with Crippen LogP contribution in [0.3, 0.4) is 0 Å². The third-order valence-corrected chi connectivity index (χ3v) is 4.71. The van der Waals surface area contributed by atoms with Crippen LogP contribution in [0.1, 0.15) is 12.8 Å². The van der Waals surface area contributed by atoms with Crippen molar-refractivity contribution in [1.82, 2.24) is 10.2 Å². The molecule has 0 aromatic heterocycles. The number of esters is 1. The van der Waals surface area contributed by atoms with E-state index in [2.05, 4.69) is 35.5 Å². The van der Waals surface area contributed by atoms with Crippen molar-refractivity contribution in [3.63, 3.8) is 0 Å². The molecule has 0 amide bonds. The van der Waals surface area contributed by atoms with Crippen LogP contribution >= 0.6 is 15.9 Å². The number of hydrogen-bond donors (Lipinski definition) is 2. The Morgan fingerprint density at radius 3 is 2.00 bits per heavy atom. The lowest BCUT2D eigenvalue weighted by atomic mass is 10.3. The predicted octanol–water partition coefficient (Wildman–Crippen LogP) is 1.61. The zero-order chi connectivity index (χ0) is 23.4. The number of rotatable bonds is 7. The van der Waals surface area contributed by atoms with E-state index in [1.807, 2.05) is 0 Å². The zero-order valence-corrected chi connectivity index (χ0v) is 18.7. The van der Waals surface area contributed by atoms with Crippen LogP contribution in [0.25, 0.3) is 0 Å². The van der Waals surface area contributed by atoms with E-state index < -0.39 is 30.4 Å². The molecule has 2 heterocycles. The molecule has 2 aliphatic rings. The Morgan fingerprint density at radius 1 is 1.10 bits per heavy atom.